The minimum absolute atomic E-state index is 0.482. The van der Waals surface area contributed by atoms with Crippen molar-refractivity contribution in [3.63, 3.8) is 0 Å². The molecule has 2 atom stereocenters. The van der Waals surface area contributed by atoms with Gasteiger partial charge in [0.15, 0.2) is 9.84 Å². The Hall–Kier alpha value is -1.01. The highest BCUT2D eigenvalue weighted by atomic mass is 32.2. The molecule has 0 aliphatic heterocycles. The molecule has 0 saturated heterocycles. The Morgan fingerprint density at radius 2 is 1.83 bits per heavy atom. The summed E-state index contributed by atoms with van der Waals surface area (Å²) in [6, 6.07) is 5.82. The lowest BCUT2D eigenvalue weighted by Gasteiger charge is -2.17. The molecule has 6 heteroatoms. The van der Waals surface area contributed by atoms with Crippen LogP contribution in [0.25, 0.3) is 0 Å². The fraction of sp³-hybridized carbons (Fsp3) is 0.588. The van der Waals surface area contributed by atoms with E-state index in [0.717, 1.165) is 16.9 Å². The Morgan fingerprint density at radius 1 is 1.22 bits per heavy atom. The van der Waals surface area contributed by atoms with Crippen LogP contribution in [0.5, 0.6) is 0 Å². The number of nitrogens with one attached hydrogen (secondary N) is 1. The van der Waals surface area contributed by atoms with Gasteiger partial charge in [0.25, 0.3) is 0 Å². The average molecular weight is 358 g/mol. The molecule has 0 fully saturated rings. The molecule has 1 aromatic carbocycles. The minimum atomic E-state index is -3.45. The van der Waals surface area contributed by atoms with Gasteiger partial charge in [-0.15, -0.1) is 11.8 Å². The molecule has 1 rings (SSSR count). The Balaban J connectivity index is 2.87. The first kappa shape index (κ1) is 20.0. The zero-order valence-electron chi connectivity index (χ0n) is 14.7. The van der Waals surface area contributed by atoms with Crippen LogP contribution in [0, 0.1) is 6.92 Å². The number of rotatable bonds is 7. The highest BCUT2D eigenvalue weighted by Gasteiger charge is 2.30. The Labute approximate surface area is 144 Å². The van der Waals surface area contributed by atoms with Crippen molar-refractivity contribution in [3.8, 4) is 0 Å². The molecule has 0 spiro atoms. The number of thioether (sulfide) groups is 1. The molecule has 0 aromatic heterocycles. The maximum atomic E-state index is 12.2. The van der Waals surface area contributed by atoms with Gasteiger partial charge in [-0.1, -0.05) is 13.8 Å². The van der Waals surface area contributed by atoms with E-state index in [4.69, 9.17) is 0 Å². The van der Waals surface area contributed by atoms with Gasteiger partial charge < -0.3 is 5.32 Å². The molecule has 0 aliphatic rings. The molecule has 0 aliphatic carbocycles. The number of aryl methyl sites for hydroxylation is 1. The molecule has 0 heterocycles. The Morgan fingerprint density at radius 3 is 2.30 bits per heavy atom. The van der Waals surface area contributed by atoms with Crippen molar-refractivity contribution in [2.75, 3.05) is 5.32 Å². The van der Waals surface area contributed by atoms with E-state index in [1.165, 1.54) is 6.92 Å². The number of anilines is 1. The fourth-order valence-corrected chi connectivity index (χ4v) is 4.15. The van der Waals surface area contributed by atoms with Crippen LogP contribution in [0.4, 0.5) is 5.69 Å². The number of sulfone groups is 1. The SMILES string of the molecule is CC[C@@H](C)Sc1ccc(NC(=O)[C@@H](C)S(=O)(=O)C(C)C)c(C)c1. The third-order valence-electron chi connectivity index (χ3n) is 3.89. The molecular weight excluding hydrogens is 330 g/mol. The summed E-state index contributed by atoms with van der Waals surface area (Å²) in [5.74, 6) is -0.482. The predicted molar refractivity (Wildman–Crippen MR) is 98.9 cm³/mol. The number of amides is 1. The van der Waals surface area contributed by atoms with Gasteiger partial charge in [-0.2, -0.15) is 0 Å². The third kappa shape index (κ3) is 5.24. The maximum Gasteiger partial charge on any atom is 0.242 e. The number of carbonyl (C=O) groups excluding carboxylic acids is 1. The lowest BCUT2D eigenvalue weighted by molar-refractivity contribution is -0.115. The molecule has 130 valence electrons. The van der Waals surface area contributed by atoms with Gasteiger partial charge in [-0.05, 0) is 57.9 Å². The molecule has 4 nitrogen and oxygen atoms in total. The largest absolute Gasteiger partial charge is 0.325 e. The summed E-state index contributed by atoms with van der Waals surface area (Å²) in [5.41, 5.74) is 1.59. The normalized spacial score (nSPS) is 14.6. The average Bonchev–Trinajstić information content (AvgIpc) is 2.48. The molecule has 1 aromatic rings. The zero-order valence-corrected chi connectivity index (χ0v) is 16.3. The van der Waals surface area contributed by atoms with Crippen molar-refractivity contribution in [3.05, 3.63) is 23.8 Å². The Bertz CT molecular complexity index is 654. The highest BCUT2D eigenvalue weighted by Crippen LogP contribution is 2.28. The van der Waals surface area contributed by atoms with Gasteiger partial charge in [0.2, 0.25) is 5.91 Å². The van der Waals surface area contributed by atoms with Gasteiger partial charge in [-0.3, -0.25) is 4.79 Å². The van der Waals surface area contributed by atoms with Gasteiger partial charge in [-0.25, -0.2) is 8.42 Å². The van der Waals surface area contributed by atoms with E-state index in [2.05, 4.69) is 19.2 Å². The van der Waals surface area contributed by atoms with Crippen LogP contribution < -0.4 is 5.32 Å². The number of benzene rings is 1. The number of hydrogen-bond donors (Lipinski definition) is 1. The zero-order chi connectivity index (χ0) is 17.8. The van der Waals surface area contributed by atoms with Gasteiger partial charge in [0.05, 0.1) is 5.25 Å². The van der Waals surface area contributed by atoms with Crippen LogP contribution in [-0.2, 0) is 14.6 Å². The summed E-state index contributed by atoms with van der Waals surface area (Å²) >= 11 is 1.79. The lowest BCUT2D eigenvalue weighted by Crippen LogP contribution is -2.36. The fourth-order valence-electron chi connectivity index (χ4n) is 1.96. The van der Waals surface area contributed by atoms with Crippen molar-refractivity contribution in [2.45, 2.75) is 68.6 Å². The first-order valence-corrected chi connectivity index (χ1v) is 10.4. The molecule has 0 radical (unpaired) electrons. The summed E-state index contributed by atoms with van der Waals surface area (Å²) < 4.78 is 24.2. The molecular formula is C17H27NO3S2. The van der Waals surface area contributed by atoms with Crippen LogP contribution in [0.15, 0.2) is 23.1 Å². The molecule has 0 unspecified atom stereocenters. The van der Waals surface area contributed by atoms with E-state index < -0.39 is 26.2 Å². The van der Waals surface area contributed by atoms with E-state index in [0.29, 0.717) is 10.9 Å². The second-order valence-corrected chi connectivity index (χ2v) is 10.4. The second-order valence-electron chi connectivity index (χ2n) is 6.08. The summed E-state index contributed by atoms with van der Waals surface area (Å²) in [6.07, 6.45) is 1.09. The second kappa shape index (κ2) is 8.20. The van der Waals surface area contributed by atoms with Gasteiger partial charge in [0, 0.05) is 15.8 Å². The predicted octanol–water partition coefficient (Wildman–Crippen LogP) is 4.04. The topological polar surface area (TPSA) is 63.2 Å². The van der Waals surface area contributed by atoms with Crippen molar-refractivity contribution < 1.29 is 13.2 Å². The molecule has 0 bridgehead atoms. The van der Waals surface area contributed by atoms with E-state index in [-0.39, 0.29) is 0 Å². The van der Waals surface area contributed by atoms with Crippen LogP contribution >= 0.6 is 11.8 Å². The monoisotopic (exact) mass is 357 g/mol. The first-order chi connectivity index (χ1) is 10.6. The smallest absolute Gasteiger partial charge is 0.242 e. The molecule has 1 N–H and O–H groups in total. The minimum Gasteiger partial charge on any atom is -0.325 e. The van der Waals surface area contributed by atoms with Crippen molar-refractivity contribution in [1.82, 2.24) is 0 Å². The van der Waals surface area contributed by atoms with Crippen LogP contribution in [0.2, 0.25) is 0 Å². The van der Waals surface area contributed by atoms with Gasteiger partial charge >= 0.3 is 0 Å². The first-order valence-electron chi connectivity index (χ1n) is 7.90. The van der Waals surface area contributed by atoms with E-state index in [1.54, 1.807) is 25.6 Å². The molecule has 23 heavy (non-hydrogen) atoms. The Kier molecular flexibility index (Phi) is 7.14. The maximum absolute atomic E-state index is 12.2. The van der Waals surface area contributed by atoms with E-state index in [1.807, 2.05) is 25.1 Å². The standard InChI is InChI=1S/C17H27NO3S2/c1-7-13(5)22-15-8-9-16(12(4)10-15)18-17(19)14(6)23(20,21)11(2)3/h8-11,13-14H,7H2,1-6H3,(H,18,19)/t13-,14-/m1/s1. The van der Waals surface area contributed by atoms with Crippen molar-refractivity contribution in [1.29, 1.82) is 0 Å². The summed E-state index contributed by atoms with van der Waals surface area (Å²) in [5, 5.41) is 1.64. The van der Waals surface area contributed by atoms with E-state index >= 15 is 0 Å². The van der Waals surface area contributed by atoms with Gasteiger partial charge in [0.1, 0.15) is 5.25 Å². The lowest BCUT2D eigenvalue weighted by atomic mass is 10.2. The van der Waals surface area contributed by atoms with Crippen LogP contribution in [0.1, 0.15) is 46.6 Å². The molecule has 1 amide bonds. The third-order valence-corrected chi connectivity index (χ3v) is 7.66. The van der Waals surface area contributed by atoms with Crippen molar-refractivity contribution in [2.24, 2.45) is 0 Å². The number of hydrogen-bond acceptors (Lipinski definition) is 4. The van der Waals surface area contributed by atoms with Crippen molar-refractivity contribution >= 4 is 33.2 Å². The van der Waals surface area contributed by atoms with E-state index in [9.17, 15) is 13.2 Å². The van der Waals surface area contributed by atoms with Crippen LogP contribution in [-0.4, -0.2) is 30.1 Å². The summed E-state index contributed by atoms with van der Waals surface area (Å²) in [4.78, 5) is 13.4. The summed E-state index contributed by atoms with van der Waals surface area (Å²) in [6.45, 7) is 10.9. The highest BCUT2D eigenvalue weighted by molar-refractivity contribution is 8.00. The summed E-state index contributed by atoms with van der Waals surface area (Å²) in [7, 11) is -3.45. The number of carbonyl (C=O) groups is 1. The van der Waals surface area contributed by atoms with Crippen LogP contribution in [0.3, 0.4) is 0 Å². The molecule has 0 saturated carbocycles. The quantitative estimate of drug-likeness (QED) is 0.748.